The van der Waals surface area contributed by atoms with Gasteiger partial charge in [0.25, 0.3) is 0 Å². The van der Waals surface area contributed by atoms with Crippen molar-refractivity contribution in [2.45, 2.75) is 33.1 Å². The van der Waals surface area contributed by atoms with Gasteiger partial charge in [0.05, 0.1) is 5.69 Å². The lowest BCUT2D eigenvalue weighted by atomic mass is 9.92. The third-order valence-electron chi connectivity index (χ3n) is 2.55. The summed E-state index contributed by atoms with van der Waals surface area (Å²) in [5.74, 6) is 0.405. The molecule has 16 heavy (non-hydrogen) atoms. The molecule has 0 bridgehead atoms. The summed E-state index contributed by atoms with van der Waals surface area (Å²) >= 11 is 0. The smallest absolute Gasteiger partial charge is 0.205 e. The molecular formula is C12H15N3O. The quantitative estimate of drug-likeness (QED) is 0.688. The SMILES string of the molecule is Cc1ccn2c(N=O)c(C(C)(C)C)nc2c1. The number of pyridine rings is 1. The molecule has 84 valence electrons. The van der Waals surface area contributed by atoms with E-state index in [0.717, 1.165) is 16.9 Å². The van der Waals surface area contributed by atoms with E-state index in [-0.39, 0.29) is 5.41 Å². The molecule has 0 radical (unpaired) electrons. The average molecular weight is 217 g/mol. The zero-order chi connectivity index (χ0) is 11.9. The van der Waals surface area contributed by atoms with Crippen LogP contribution in [0.1, 0.15) is 32.0 Å². The zero-order valence-electron chi connectivity index (χ0n) is 9.98. The van der Waals surface area contributed by atoms with E-state index in [2.05, 4.69) is 10.2 Å². The molecule has 0 aliphatic carbocycles. The molecule has 2 aromatic heterocycles. The van der Waals surface area contributed by atoms with Crippen molar-refractivity contribution in [1.82, 2.24) is 9.38 Å². The second kappa shape index (κ2) is 3.40. The van der Waals surface area contributed by atoms with Crippen LogP contribution >= 0.6 is 0 Å². The third kappa shape index (κ3) is 1.60. The summed E-state index contributed by atoms with van der Waals surface area (Å²) in [7, 11) is 0. The summed E-state index contributed by atoms with van der Waals surface area (Å²) in [6.45, 7) is 8.07. The van der Waals surface area contributed by atoms with E-state index in [0.29, 0.717) is 5.82 Å². The van der Waals surface area contributed by atoms with Gasteiger partial charge in [0.15, 0.2) is 0 Å². The molecule has 0 spiro atoms. The van der Waals surface area contributed by atoms with Gasteiger partial charge in [-0.3, -0.25) is 4.40 Å². The van der Waals surface area contributed by atoms with Crippen molar-refractivity contribution in [3.8, 4) is 0 Å². The van der Waals surface area contributed by atoms with E-state index in [4.69, 9.17) is 0 Å². The van der Waals surface area contributed by atoms with Crippen molar-refractivity contribution >= 4 is 11.5 Å². The molecule has 0 unspecified atom stereocenters. The number of imidazole rings is 1. The lowest BCUT2D eigenvalue weighted by Crippen LogP contribution is -2.11. The second-order valence-corrected chi connectivity index (χ2v) is 5.06. The number of fused-ring (bicyclic) bond motifs is 1. The molecular weight excluding hydrogens is 202 g/mol. The van der Waals surface area contributed by atoms with E-state index >= 15 is 0 Å². The first kappa shape index (κ1) is 10.8. The molecule has 0 aliphatic heterocycles. The van der Waals surface area contributed by atoms with Crippen molar-refractivity contribution in [3.63, 3.8) is 0 Å². The molecule has 4 heteroatoms. The minimum absolute atomic E-state index is 0.177. The van der Waals surface area contributed by atoms with E-state index in [9.17, 15) is 4.91 Å². The molecule has 0 saturated carbocycles. The molecule has 0 fully saturated rings. The Bertz CT molecular complexity index is 549. The summed E-state index contributed by atoms with van der Waals surface area (Å²) in [6.07, 6.45) is 1.84. The number of hydrogen-bond donors (Lipinski definition) is 0. The molecule has 0 aromatic carbocycles. The molecule has 0 atom stereocenters. The lowest BCUT2D eigenvalue weighted by Gasteiger charge is -2.14. The van der Waals surface area contributed by atoms with E-state index < -0.39 is 0 Å². The van der Waals surface area contributed by atoms with Crippen LogP contribution in [0.5, 0.6) is 0 Å². The molecule has 0 N–H and O–H groups in total. The minimum Gasteiger partial charge on any atom is -0.281 e. The van der Waals surface area contributed by atoms with Crippen LogP contribution in [0.4, 0.5) is 5.82 Å². The van der Waals surface area contributed by atoms with Gasteiger partial charge in [-0.05, 0) is 29.8 Å². The first-order valence-corrected chi connectivity index (χ1v) is 5.26. The number of aromatic nitrogens is 2. The predicted octanol–water partition coefficient (Wildman–Crippen LogP) is 3.34. The van der Waals surface area contributed by atoms with Crippen molar-refractivity contribution in [2.75, 3.05) is 0 Å². The first-order chi connectivity index (χ1) is 7.43. The highest BCUT2D eigenvalue weighted by Crippen LogP contribution is 2.31. The topological polar surface area (TPSA) is 46.7 Å². The second-order valence-electron chi connectivity index (χ2n) is 5.06. The van der Waals surface area contributed by atoms with Crippen molar-refractivity contribution in [1.29, 1.82) is 0 Å². The van der Waals surface area contributed by atoms with E-state index in [1.807, 2.05) is 46.0 Å². The molecule has 0 saturated heterocycles. The van der Waals surface area contributed by atoms with Gasteiger partial charge < -0.3 is 0 Å². The molecule has 2 rings (SSSR count). The van der Waals surface area contributed by atoms with Crippen LogP contribution in [0.25, 0.3) is 5.65 Å². The van der Waals surface area contributed by atoms with E-state index in [1.54, 1.807) is 4.40 Å². The van der Waals surface area contributed by atoms with Gasteiger partial charge in [-0.2, -0.15) is 0 Å². The Morgan fingerprint density at radius 2 is 2.06 bits per heavy atom. The molecule has 2 heterocycles. The highest BCUT2D eigenvalue weighted by molar-refractivity contribution is 5.55. The maximum absolute atomic E-state index is 10.9. The van der Waals surface area contributed by atoms with Crippen LogP contribution in [0.3, 0.4) is 0 Å². The monoisotopic (exact) mass is 217 g/mol. The van der Waals surface area contributed by atoms with Crippen LogP contribution in [0.2, 0.25) is 0 Å². The fraction of sp³-hybridized carbons (Fsp3) is 0.417. The van der Waals surface area contributed by atoms with Gasteiger partial charge in [0.2, 0.25) is 5.82 Å². The summed E-state index contributed by atoms with van der Waals surface area (Å²) < 4.78 is 1.74. The fourth-order valence-corrected chi connectivity index (χ4v) is 1.72. The van der Waals surface area contributed by atoms with Gasteiger partial charge in [-0.25, -0.2) is 4.98 Å². The van der Waals surface area contributed by atoms with Gasteiger partial charge in [-0.15, -0.1) is 4.91 Å². The summed E-state index contributed by atoms with van der Waals surface area (Å²) in [6, 6.07) is 3.89. The van der Waals surface area contributed by atoms with Crippen LogP contribution < -0.4 is 0 Å². The van der Waals surface area contributed by atoms with Gasteiger partial charge in [-0.1, -0.05) is 20.8 Å². The first-order valence-electron chi connectivity index (χ1n) is 5.26. The number of aryl methyl sites for hydroxylation is 1. The highest BCUT2D eigenvalue weighted by Gasteiger charge is 2.24. The Morgan fingerprint density at radius 1 is 1.38 bits per heavy atom. The molecule has 2 aromatic rings. The molecule has 0 amide bonds. The Morgan fingerprint density at radius 3 is 2.62 bits per heavy atom. The minimum atomic E-state index is -0.177. The Hall–Kier alpha value is -1.71. The number of nitroso groups, excluding NO2 is 1. The highest BCUT2D eigenvalue weighted by atomic mass is 16.3. The van der Waals surface area contributed by atoms with Gasteiger partial charge in [0, 0.05) is 11.6 Å². The van der Waals surface area contributed by atoms with Crippen molar-refractivity contribution < 1.29 is 0 Å². The standard InChI is InChI=1S/C12H15N3O/c1-8-5-6-15-9(7-8)13-10(11(15)14-16)12(2,3)4/h5-7H,1-4H3. The maximum atomic E-state index is 10.9. The molecule has 0 aliphatic rings. The van der Waals surface area contributed by atoms with Crippen molar-refractivity contribution in [3.05, 3.63) is 34.5 Å². The van der Waals surface area contributed by atoms with Gasteiger partial charge in [0.1, 0.15) is 5.65 Å². The van der Waals surface area contributed by atoms with Crippen LogP contribution in [-0.2, 0) is 5.41 Å². The van der Waals surface area contributed by atoms with E-state index in [1.165, 1.54) is 0 Å². The Kier molecular flexibility index (Phi) is 2.30. The number of hydrogen-bond acceptors (Lipinski definition) is 3. The predicted molar refractivity (Wildman–Crippen MR) is 64.1 cm³/mol. The molecule has 4 nitrogen and oxygen atoms in total. The lowest BCUT2D eigenvalue weighted by molar-refractivity contribution is 0.574. The average Bonchev–Trinajstić information content (AvgIpc) is 2.54. The number of rotatable bonds is 1. The summed E-state index contributed by atoms with van der Waals surface area (Å²) in [5.41, 5.74) is 2.46. The maximum Gasteiger partial charge on any atom is 0.205 e. The van der Waals surface area contributed by atoms with Crippen LogP contribution in [0, 0.1) is 11.8 Å². The fourth-order valence-electron chi connectivity index (χ4n) is 1.72. The third-order valence-corrected chi connectivity index (χ3v) is 2.55. The summed E-state index contributed by atoms with van der Waals surface area (Å²) in [4.78, 5) is 15.4. The Balaban J connectivity index is 2.81. The normalized spacial score (nSPS) is 12.0. The summed E-state index contributed by atoms with van der Waals surface area (Å²) in [5, 5.41) is 3.11. The van der Waals surface area contributed by atoms with Crippen LogP contribution in [-0.4, -0.2) is 9.38 Å². The largest absolute Gasteiger partial charge is 0.281 e. The van der Waals surface area contributed by atoms with Gasteiger partial charge >= 0.3 is 0 Å². The zero-order valence-corrected chi connectivity index (χ0v) is 9.98. The van der Waals surface area contributed by atoms with Crippen molar-refractivity contribution in [2.24, 2.45) is 5.18 Å². The number of nitrogens with zero attached hydrogens (tertiary/aromatic N) is 3. The van der Waals surface area contributed by atoms with Crippen LogP contribution in [0.15, 0.2) is 23.5 Å². The Labute approximate surface area is 94.3 Å².